The number of carbonyl (C=O) groups is 1. The van der Waals surface area contributed by atoms with Crippen LogP contribution < -0.4 is 4.74 Å². The van der Waals surface area contributed by atoms with Crippen LogP contribution >= 0.6 is 0 Å². The number of hydrogen-bond acceptors (Lipinski definition) is 5. The van der Waals surface area contributed by atoms with Crippen LogP contribution in [-0.4, -0.2) is 18.1 Å². The number of oxazole rings is 1. The Balaban J connectivity index is 1.52. The van der Waals surface area contributed by atoms with E-state index < -0.39 is 5.97 Å². The lowest BCUT2D eigenvalue weighted by molar-refractivity contribution is -0.134. The van der Waals surface area contributed by atoms with Crippen molar-refractivity contribution in [2.45, 2.75) is 6.61 Å². The summed E-state index contributed by atoms with van der Waals surface area (Å²) in [7, 11) is 1.35. The van der Waals surface area contributed by atoms with Crippen LogP contribution in [0.2, 0.25) is 0 Å². The van der Waals surface area contributed by atoms with E-state index in [1.165, 1.54) is 13.2 Å². The molecule has 0 spiro atoms. The van der Waals surface area contributed by atoms with Gasteiger partial charge >= 0.3 is 5.97 Å². The predicted octanol–water partition coefficient (Wildman–Crippen LogP) is 5.77. The first-order chi connectivity index (χ1) is 15.2. The van der Waals surface area contributed by atoms with Gasteiger partial charge < -0.3 is 13.9 Å². The molecule has 0 unspecified atom stereocenters. The quantitative estimate of drug-likeness (QED) is 0.285. The van der Waals surface area contributed by atoms with Gasteiger partial charge in [0.25, 0.3) is 0 Å². The second-order valence-electron chi connectivity index (χ2n) is 6.73. The topological polar surface area (TPSA) is 61.6 Å². The third-order valence-corrected chi connectivity index (χ3v) is 4.61. The van der Waals surface area contributed by atoms with E-state index in [9.17, 15) is 4.79 Å². The zero-order valence-electron chi connectivity index (χ0n) is 17.0. The van der Waals surface area contributed by atoms with Crippen molar-refractivity contribution in [3.63, 3.8) is 0 Å². The molecule has 0 atom stereocenters. The molecule has 4 rings (SSSR count). The average molecular weight is 411 g/mol. The molecular weight excluding hydrogens is 390 g/mol. The monoisotopic (exact) mass is 411 g/mol. The standard InChI is InChI=1S/C26H21NO4/c1-29-24(28)17-14-19-12-15-22(16-13-19)30-18-23-27-25(20-8-4-2-5-9-20)26(31-23)21-10-6-3-7-11-21/h2-17H,18H2,1H3. The van der Waals surface area contributed by atoms with Crippen molar-refractivity contribution >= 4 is 12.0 Å². The molecule has 31 heavy (non-hydrogen) atoms. The second kappa shape index (κ2) is 9.59. The highest BCUT2D eigenvalue weighted by atomic mass is 16.5. The maximum atomic E-state index is 11.2. The largest absolute Gasteiger partial charge is 0.484 e. The first-order valence-corrected chi connectivity index (χ1v) is 9.82. The minimum atomic E-state index is -0.396. The number of methoxy groups -OCH3 is 1. The van der Waals surface area contributed by atoms with E-state index in [1.54, 1.807) is 6.08 Å². The minimum Gasteiger partial charge on any atom is -0.484 e. The van der Waals surface area contributed by atoms with Crippen LogP contribution in [0.1, 0.15) is 11.5 Å². The Labute approximate surface area is 180 Å². The number of hydrogen-bond donors (Lipinski definition) is 0. The fourth-order valence-corrected chi connectivity index (χ4v) is 3.06. The van der Waals surface area contributed by atoms with Crippen LogP contribution in [-0.2, 0) is 16.1 Å². The Morgan fingerprint density at radius 1 is 0.903 bits per heavy atom. The van der Waals surface area contributed by atoms with Crippen LogP contribution in [0.25, 0.3) is 28.7 Å². The smallest absolute Gasteiger partial charge is 0.330 e. The number of benzene rings is 3. The fraction of sp³-hybridized carbons (Fsp3) is 0.0769. The molecule has 1 heterocycles. The summed E-state index contributed by atoms with van der Waals surface area (Å²) in [6.07, 6.45) is 3.06. The lowest BCUT2D eigenvalue weighted by Crippen LogP contribution is -1.96. The van der Waals surface area contributed by atoms with Crippen molar-refractivity contribution in [2.24, 2.45) is 0 Å². The molecule has 4 aromatic rings. The zero-order valence-corrected chi connectivity index (χ0v) is 17.0. The molecule has 0 saturated carbocycles. The Bertz CT molecular complexity index is 1110. The molecule has 1 aromatic heterocycles. The number of aromatic nitrogens is 1. The van der Waals surface area contributed by atoms with Gasteiger partial charge in [0.1, 0.15) is 11.4 Å². The average Bonchev–Trinajstić information content (AvgIpc) is 3.27. The van der Waals surface area contributed by atoms with E-state index in [4.69, 9.17) is 14.1 Å². The number of ether oxygens (including phenoxy) is 2. The van der Waals surface area contributed by atoms with Crippen LogP contribution in [0.5, 0.6) is 5.75 Å². The van der Waals surface area contributed by atoms with E-state index in [0.29, 0.717) is 17.4 Å². The lowest BCUT2D eigenvalue weighted by Gasteiger charge is -2.03. The molecule has 0 aliphatic heterocycles. The van der Waals surface area contributed by atoms with Crippen molar-refractivity contribution in [2.75, 3.05) is 7.11 Å². The molecule has 0 aliphatic carbocycles. The Morgan fingerprint density at radius 3 is 2.19 bits per heavy atom. The molecule has 0 amide bonds. The molecule has 5 heteroatoms. The minimum absolute atomic E-state index is 0.198. The summed E-state index contributed by atoms with van der Waals surface area (Å²) in [5.41, 5.74) is 3.60. The molecule has 154 valence electrons. The van der Waals surface area contributed by atoms with Gasteiger partial charge in [0.15, 0.2) is 12.4 Å². The van der Waals surface area contributed by atoms with Crippen LogP contribution in [0.4, 0.5) is 0 Å². The molecule has 0 fully saturated rings. The molecule has 0 bridgehead atoms. The summed E-state index contributed by atoms with van der Waals surface area (Å²) in [6.45, 7) is 0.198. The van der Waals surface area contributed by atoms with Crippen molar-refractivity contribution in [3.05, 3.63) is 102 Å². The van der Waals surface area contributed by atoms with E-state index in [-0.39, 0.29) is 6.61 Å². The zero-order chi connectivity index (χ0) is 21.5. The van der Waals surface area contributed by atoms with Gasteiger partial charge in [-0.3, -0.25) is 0 Å². The molecule has 0 saturated heterocycles. The van der Waals surface area contributed by atoms with Gasteiger partial charge in [0.05, 0.1) is 7.11 Å². The van der Waals surface area contributed by atoms with E-state index >= 15 is 0 Å². The molecule has 0 N–H and O–H groups in total. The van der Waals surface area contributed by atoms with Gasteiger partial charge in [-0.15, -0.1) is 0 Å². The Morgan fingerprint density at radius 2 is 1.55 bits per heavy atom. The molecule has 3 aromatic carbocycles. The first kappa shape index (κ1) is 20.2. The molecular formula is C26H21NO4. The highest BCUT2D eigenvalue weighted by molar-refractivity contribution is 5.86. The highest BCUT2D eigenvalue weighted by Crippen LogP contribution is 2.32. The summed E-state index contributed by atoms with van der Waals surface area (Å²) < 4.78 is 16.5. The van der Waals surface area contributed by atoms with E-state index in [0.717, 1.165) is 22.4 Å². The Hall–Kier alpha value is -4.12. The van der Waals surface area contributed by atoms with Crippen molar-refractivity contribution in [3.8, 4) is 28.3 Å². The van der Waals surface area contributed by atoms with Crippen molar-refractivity contribution in [1.82, 2.24) is 4.98 Å². The summed E-state index contributed by atoms with van der Waals surface area (Å²) in [5, 5.41) is 0. The Kier molecular flexibility index (Phi) is 6.24. The van der Waals surface area contributed by atoms with Crippen LogP contribution in [0.3, 0.4) is 0 Å². The van der Waals surface area contributed by atoms with Crippen LogP contribution in [0, 0.1) is 0 Å². The van der Waals surface area contributed by atoms with Gasteiger partial charge in [-0.1, -0.05) is 72.8 Å². The van der Waals surface area contributed by atoms with Crippen LogP contribution in [0.15, 0.2) is 95.4 Å². The molecule has 0 aliphatic rings. The third-order valence-electron chi connectivity index (χ3n) is 4.61. The number of esters is 1. The lowest BCUT2D eigenvalue weighted by atomic mass is 10.1. The summed E-state index contributed by atoms with van der Waals surface area (Å²) in [6, 6.07) is 27.2. The maximum absolute atomic E-state index is 11.2. The normalized spacial score (nSPS) is 10.9. The number of nitrogens with zero attached hydrogens (tertiary/aromatic N) is 1. The summed E-state index contributed by atoms with van der Waals surface area (Å²) >= 11 is 0. The van der Waals surface area contributed by atoms with Gasteiger partial charge in [-0.2, -0.15) is 0 Å². The molecule has 0 radical (unpaired) electrons. The summed E-state index contributed by atoms with van der Waals surface area (Å²) in [5.74, 6) is 1.49. The first-order valence-electron chi connectivity index (χ1n) is 9.82. The second-order valence-corrected chi connectivity index (χ2v) is 6.73. The van der Waals surface area contributed by atoms with Gasteiger partial charge in [-0.25, -0.2) is 9.78 Å². The maximum Gasteiger partial charge on any atom is 0.330 e. The van der Waals surface area contributed by atoms with Crippen molar-refractivity contribution in [1.29, 1.82) is 0 Å². The van der Waals surface area contributed by atoms with Gasteiger partial charge in [-0.05, 0) is 23.8 Å². The van der Waals surface area contributed by atoms with Gasteiger partial charge in [0.2, 0.25) is 5.89 Å². The van der Waals surface area contributed by atoms with E-state index in [1.807, 2.05) is 84.9 Å². The van der Waals surface area contributed by atoms with E-state index in [2.05, 4.69) is 4.74 Å². The van der Waals surface area contributed by atoms with Crippen molar-refractivity contribution < 1.29 is 18.7 Å². The number of carbonyl (C=O) groups excluding carboxylic acids is 1. The highest BCUT2D eigenvalue weighted by Gasteiger charge is 2.17. The third kappa shape index (κ3) is 5.08. The number of rotatable bonds is 7. The fourth-order valence-electron chi connectivity index (χ4n) is 3.06. The summed E-state index contributed by atoms with van der Waals surface area (Å²) in [4.78, 5) is 15.9. The predicted molar refractivity (Wildman–Crippen MR) is 119 cm³/mol. The SMILES string of the molecule is COC(=O)C=Cc1ccc(OCc2nc(-c3ccccc3)c(-c3ccccc3)o2)cc1. The van der Waals surface area contributed by atoms with Gasteiger partial charge in [0, 0.05) is 17.2 Å². The molecule has 5 nitrogen and oxygen atoms in total.